The largest absolute Gasteiger partial charge is 0.392 e. The van der Waals surface area contributed by atoms with Gasteiger partial charge in [0.1, 0.15) is 0 Å². The maximum absolute atomic E-state index is 10.0. The number of benzene rings is 1. The second-order valence-electron chi connectivity index (χ2n) is 4.90. The highest BCUT2D eigenvalue weighted by molar-refractivity contribution is 5.36. The Hall–Kier alpha value is -0.900. The van der Waals surface area contributed by atoms with E-state index in [1.807, 2.05) is 6.07 Å². The summed E-state index contributed by atoms with van der Waals surface area (Å²) < 4.78 is 0. The molecule has 3 heteroatoms. The van der Waals surface area contributed by atoms with Gasteiger partial charge in [0.2, 0.25) is 0 Å². The van der Waals surface area contributed by atoms with E-state index in [1.54, 1.807) is 6.92 Å². The second-order valence-corrected chi connectivity index (χ2v) is 4.90. The zero-order valence-corrected chi connectivity index (χ0v) is 10.3. The molecule has 0 aliphatic heterocycles. The highest BCUT2D eigenvalue weighted by atomic mass is 16.3. The lowest BCUT2D eigenvalue weighted by atomic mass is 10.0. The monoisotopic (exact) mass is 235 g/mol. The van der Waals surface area contributed by atoms with E-state index in [0.717, 1.165) is 12.0 Å². The molecule has 2 unspecified atom stereocenters. The van der Waals surface area contributed by atoms with Crippen molar-refractivity contribution >= 4 is 0 Å². The van der Waals surface area contributed by atoms with E-state index in [1.165, 1.54) is 24.0 Å². The summed E-state index contributed by atoms with van der Waals surface area (Å²) in [6.45, 7) is 2.74. The summed E-state index contributed by atoms with van der Waals surface area (Å²) in [4.78, 5) is 0. The van der Waals surface area contributed by atoms with Crippen molar-refractivity contribution in [1.29, 1.82) is 0 Å². The average molecular weight is 235 g/mol. The van der Waals surface area contributed by atoms with Gasteiger partial charge in [0.25, 0.3) is 0 Å². The van der Waals surface area contributed by atoms with E-state index in [9.17, 15) is 5.11 Å². The Morgan fingerprint density at radius 2 is 1.94 bits per heavy atom. The van der Waals surface area contributed by atoms with E-state index in [-0.39, 0.29) is 6.10 Å². The number of aliphatic hydroxyl groups is 2. The van der Waals surface area contributed by atoms with Gasteiger partial charge in [0.05, 0.1) is 12.2 Å². The molecule has 0 radical (unpaired) electrons. The zero-order valence-electron chi connectivity index (χ0n) is 10.3. The molecule has 3 N–H and O–H groups in total. The highest BCUT2D eigenvalue weighted by Crippen LogP contribution is 2.25. The SMILES string of the molecule is CC(O)CNCC(O)c1ccc2c(c1)CCC2. The summed E-state index contributed by atoms with van der Waals surface area (Å²) >= 11 is 0. The first-order valence-electron chi connectivity index (χ1n) is 6.35. The Kier molecular flexibility index (Phi) is 4.15. The molecule has 0 saturated heterocycles. The predicted molar refractivity (Wildman–Crippen MR) is 68.0 cm³/mol. The van der Waals surface area contributed by atoms with Gasteiger partial charge in [-0.05, 0) is 42.9 Å². The lowest BCUT2D eigenvalue weighted by Crippen LogP contribution is -2.28. The van der Waals surface area contributed by atoms with Gasteiger partial charge in [0.15, 0.2) is 0 Å². The molecular formula is C14H21NO2. The summed E-state index contributed by atoms with van der Waals surface area (Å²) in [5.41, 5.74) is 3.79. The van der Waals surface area contributed by atoms with Crippen molar-refractivity contribution in [2.45, 2.75) is 38.4 Å². The lowest BCUT2D eigenvalue weighted by molar-refractivity contribution is 0.155. The standard InChI is InChI=1S/C14H21NO2/c1-10(16)8-15-9-14(17)13-6-5-11-3-2-4-12(11)7-13/h5-7,10,14-17H,2-4,8-9H2,1H3. The van der Waals surface area contributed by atoms with Crippen LogP contribution in [-0.2, 0) is 12.8 Å². The molecule has 0 spiro atoms. The van der Waals surface area contributed by atoms with Crippen molar-refractivity contribution in [1.82, 2.24) is 5.32 Å². The van der Waals surface area contributed by atoms with Gasteiger partial charge in [-0.3, -0.25) is 0 Å². The van der Waals surface area contributed by atoms with Crippen molar-refractivity contribution < 1.29 is 10.2 Å². The van der Waals surface area contributed by atoms with E-state index < -0.39 is 6.10 Å². The van der Waals surface area contributed by atoms with Crippen LogP contribution in [0.1, 0.15) is 36.1 Å². The highest BCUT2D eigenvalue weighted by Gasteiger charge is 2.14. The van der Waals surface area contributed by atoms with Crippen LogP contribution in [0, 0.1) is 0 Å². The number of aryl methyl sites for hydroxylation is 2. The summed E-state index contributed by atoms with van der Waals surface area (Å²) in [7, 11) is 0. The fourth-order valence-corrected chi connectivity index (χ4v) is 2.35. The zero-order chi connectivity index (χ0) is 12.3. The van der Waals surface area contributed by atoms with E-state index in [2.05, 4.69) is 17.4 Å². The van der Waals surface area contributed by atoms with Crippen LogP contribution in [0.2, 0.25) is 0 Å². The smallest absolute Gasteiger partial charge is 0.0914 e. The molecule has 0 fully saturated rings. The minimum atomic E-state index is -0.486. The molecule has 0 bridgehead atoms. The average Bonchev–Trinajstić information content (AvgIpc) is 2.75. The number of hydrogen-bond donors (Lipinski definition) is 3. The number of hydrogen-bond acceptors (Lipinski definition) is 3. The number of fused-ring (bicyclic) bond motifs is 1. The molecule has 1 aromatic carbocycles. The fraction of sp³-hybridized carbons (Fsp3) is 0.571. The van der Waals surface area contributed by atoms with Crippen LogP contribution >= 0.6 is 0 Å². The maximum Gasteiger partial charge on any atom is 0.0914 e. The van der Waals surface area contributed by atoms with Crippen LogP contribution in [0.5, 0.6) is 0 Å². The van der Waals surface area contributed by atoms with Gasteiger partial charge in [-0.25, -0.2) is 0 Å². The van der Waals surface area contributed by atoms with Gasteiger partial charge in [-0.15, -0.1) is 0 Å². The third-order valence-corrected chi connectivity index (χ3v) is 3.28. The van der Waals surface area contributed by atoms with Crippen LogP contribution in [0.25, 0.3) is 0 Å². The number of aliphatic hydroxyl groups excluding tert-OH is 2. The second kappa shape index (κ2) is 5.63. The summed E-state index contributed by atoms with van der Waals surface area (Å²) in [6, 6.07) is 6.27. The van der Waals surface area contributed by atoms with Gasteiger partial charge in [0, 0.05) is 13.1 Å². The fourth-order valence-electron chi connectivity index (χ4n) is 2.35. The Morgan fingerprint density at radius 1 is 1.18 bits per heavy atom. The molecule has 0 heterocycles. The van der Waals surface area contributed by atoms with Crippen LogP contribution in [-0.4, -0.2) is 29.4 Å². The third kappa shape index (κ3) is 3.28. The van der Waals surface area contributed by atoms with E-state index in [4.69, 9.17) is 5.11 Å². The predicted octanol–water partition coefficient (Wildman–Crippen LogP) is 1.18. The molecule has 17 heavy (non-hydrogen) atoms. The van der Waals surface area contributed by atoms with Gasteiger partial charge < -0.3 is 15.5 Å². The van der Waals surface area contributed by atoms with Crippen molar-refractivity contribution in [2.24, 2.45) is 0 Å². The van der Waals surface area contributed by atoms with Crippen LogP contribution in [0.15, 0.2) is 18.2 Å². The van der Waals surface area contributed by atoms with Gasteiger partial charge >= 0.3 is 0 Å². The Balaban J connectivity index is 1.92. The molecule has 0 saturated carbocycles. The molecule has 1 aliphatic rings. The molecule has 2 rings (SSSR count). The molecular weight excluding hydrogens is 214 g/mol. The Bertz CT molecular complexity index is 376. The first-order chi connectivity index (χ1) is 8.16. The lowest BCUT2D eigenvalue weighted by Gasteiger charge is -2.14. The molecule has 2 atom stereocenters. The van der Waals surface area contributed by atoms with Crippen LogP contribution in [0.3, 0.4) is 0 Å². The topological polar surface area (TPSA) is 52.5 Å². The number of rotatable bonds is 5. The van der Waals surface area contributed by atoms with Crippen molar-refractivity contribution in [3.8, 4) is 0 Å². The minimum Gasteiger partial charge on any atom is -0.392 e. The molecule has 1 aromatic rings. The quantitative estimate of drug-likeness (QED) is 0.718. The third-order valence-electron chi connectivity index (χ3n) is 3.28. The summed E-state index contributed by atoms with van der Waals surface area (Å²) in [5.74, 6) is 0. The summed E-state index contributed by atoms with van der Waals surface area (Å²) in [6.07, 6.45) is 2.68. The first-order valence-corrected chi connectivity index (χ1v) is 6.35. The molecule has 3 nitrogen and oxygen atoms in total. The van der Waals surface area contributed by atoms with Crippen molar-refractivity contribution in [3.63, 3.8) is 0 Å². The Labute approximate surface area is 102 Å². The van der Waals surface area contributed by atoms with Crippen molar-refractivity contribution in [2.75, 3.05) is 13.1 Å². The van der Waals surface area contributed by atoms with Gasteiger partial charge in [-0.2, -0.15) is 0 Å². The van der Waals surface area contributed by atoms with Gasteiger partial charge in [-0.1, -0.05) is 18.2 Å². The molecule has 0 amide bonds. The normalized spacial score (nSPS) is 17.8. The first kappa shape index (κ1) is 12.6. The molecule has 1 aliphatic carbocycles. The van der Waals surface area contributed by atoms with E-state index in [0.29, 0.717) is 13.1 Å². The minimum absolute atomic E-state index is 0.373. The Morgan fingerprint density at radius 3 is 2.71 bits per heavy atom. The van der Waals surface area contributed by atoms with Crippen LogP contribution in [0.4, 0.5) is 0 Å². The van der Waals surface area contributed by atoms with E-state index >= 15 is 0 Å². The maximum atomic E-state index is 10.0. The van der Waals surface area contributed by atoms with Crippen molar-refractivity contribution in [3.05, 3.63) is 34.9 Å². The van der Waals surface area contributed by atoms with Crippen LogP contribution < -0.4 is 5.32 Å². The molecule has 94 valence electrons. The number of nitrogens with one attached hydrogen (secondary N) is 1. The summed E-state index contributed by atoms with van der Waals surface area (Å²) in [5, 5.41) is 22.2. The molecule has 0 aromatic heterocycles.